The highest BCUT2D eigenvalue weighted by Gasteiger charge is 2.08. The van der Waals surface area contributed by atoms with Crippen LogP contribution in [0.3, 0.4) is 0 Å². The number of hydrogen-bond donors (Lipinski definition) is 2. The Morgan fingerprint density at radius 1 is 1.20 bits per heavy atom. The maximum Gasteiger partial charge on any atom is 0.263 e. The van der Waals surface area contributed by atoms with E-state index in [9.17, 15) is 8.78 Å². The average molecular weight is 209 g/mol. The first kappa shape index (κ1) is 9.64. The molecule has 3 N–H and O–H groups in total. The van der Waals surface area contributed by atoms with E-state index < -0.39 is 6.43 Å². The SMILES string of the molecule is Nc1[nH]ncc1-c1ccc(C(F)F)cc1. The van der Waals surface area contributed by atoms with E-state index in [2.05, 4.69) is 10.2 Å². The Kier molecular flexibility index (Phi) is 2.37. The lowest BCUT2D eigenvalue weighted by Crippen LogP contribution is -1.88. The van der Waals surface area contributed by atoms with Crippen molar-refractivity contribution >= 4 is 5.82 Å². The quantitative estimate of drug-likeness (QED) is 0.798. The van der Waals surface area contributed by atoms with Gasteiger partial charge in [-0.25, -0.2) is 8.78 Å². The van der Waals surface area contributed by atoms with Crippen LogP contribution >= 0.6 is 0 Å². The summed E-state index contributed by atoms with van der Waals surface area (Å²) in [5, 5.41) is 6.34. The van der Waals surface area contributed by atoms with Crippen LogP contribution < -0.4 is 5.73 Å². The second-order valence-electron chi connectivity index (χ2n) is 3.12. The molecule has 0 aliphatic carbocycles. The third kappa shape index (κ3) is 1.81. The minimum Gasteiger partial charge on any atom is -0.384 e. The maximum absolute atomic E-state index is 12.3. The predicted molar refractivity (Wildman–Crippen MR) is 53.4 cm³/mol. The minimum absolute atomic E-state index is 0.000756. The number of H-pyrrole nitrogens is 1. The zero-order valence-corrected chi connectivity index (χ0v) is 7.74. The Balaban J connectivity index is 2.36. The van der Waals surface area contributed by atoms with Gasteiger partial charge < -0.3 is 5.73 Å². The number of aromatic amines is 1. The molecule has 0 unspecified atom stereocenters. The van der Waals surface area contributed by atoms with E-state index in [0.717, 1.165) is 11.1 Å². The highest BCUT2D eigenvalue weighted by Crippen LogP contribution is 2.26. The summed E-state index contributed by atoms with van der Waals surface area (Å²) in [7, 11) is 0. The van der Waals surface area contributed by atoms with Crippen molar-refractivity contribution in [1.29, 1.82) is 0 Å². The van der Waals surface area contributed by atoms with E-state index in [-0.39, 0.29) is 5.56 Å². The highest BCUT2D eigenvalue weighted by atomic mass is 19.3. The normalized spacial score (nSPS) is 10.9. The first-order chi connectivity index (χ1) is 7.18. The van der Waals surface area contributed by atoms with Gasteiger partial charge in [0.2, 0.25) is 0 Å². The molecule has 0 bridgehead atoms. The zero-order valence-electron chi connectivity index (χ0n) is 7.74. The van der Waals surface area contributed by atoms with Crippen LogP contribution in [0.4, 0.5) is 14.6 Å². The number of nitrogens with two attached hydrogens (primary N) is 1. The number of aromatic nitrogens is 2. The van der Waals surface area contributed by atoms with E-state index in [4.69, 9.17) is 5.73 Å². The van der Waals surface area contributed by atoms with Crippen LogP contribution in [0.1, 0.15) is 12.0 Å². The molecule has 0 spiro atoms. The topological polar surface area (TPSA) is 54.7 Å². The standard InChI is InChI=1S/C10H9F2N3/c11-9(12)7-3-1-6(2-4-7)8-5-14-15-10(8)13/h1-5,9H,(H3,13,14,15). The molecular weight excluding hydrogens is 200 g/mol. The van der Waals surface area contributed by atoms with E-state index in [1.54, 1.807) is 18.3 Å². The number of nitrogens with zero attached hydrogens (tertiary/aromatic N) is 1. The number of nitrogen functional groups attached to an aromatic ring is 1. The van der Waals surface area contributed by atoms with Gasteiger partial charge in [0.25, 0.3) is 6.43 Å². The minimum atomic E-state index is -2.44. The zero-order chi connectivity index (χ0) is 10.8. The maximum atomic E-state index is 12.3. The van der Waals surface area contributed by atoms with Gasteiger partial charge in [-0.15, -0.1) is 0 Å². The molecule has 2 aromatic rings. The van der Waals surface area contributed by atoms with Gasteiger partial charge in [0.05, 0.1) is 6.20 Å². The third-order valence-electron chi connectivity index (χ3n) is 2.14. The summed E-state index contributed by atoms with van der Waals surface area (Å²) in [6.45, 7) is 0. The van der Waals surface area contributed by atoms with Crippen molar-refractivity contribution in [2.45, 2.75) is 6.43 Å². The number of halogens is 2. The third-order valence-corrected chi connectivity index (χ3v) is 2.14. The van der Waals surface area contributed by atoms with Crippen LogP contribution in [0.2, 0.25) is 0 Å². The molecule has 0 radical (unpaired) electrons. The number of anilines is 1. The van der Waals surface area contributed by atoms with Gasteiger partial charge in [-0.2, -0.15) is 5.10 Å². The Labute approximate surface area is 84.9 Å². The van der Waals surface area contributed by atoms with Crippen LogP contribution in [0.25, 0.3) is 11.1 Å². The largest absolute Gasteiger partial charge is 0.384 e. The number of alkyl halides is 2. The van der Waals surface area contributed by atoms with Gasteiger partial charge in [0, 0.05) is 11.1 Å². The Hall–Kier alpha value is -1.91. The van der Waals surface area contributed by atoms with Crippen molar-refractivity contribution in [2.75, 3.05) is 5.73 Å². The van der Waals surface area contributed by atoms with E-state index in [0.29, 0.717) is 5.82 Å². The summed E-state index contributed by atoms with van der Waals surface area (Å²) in [5.74, 6) is 0.430. The van der Waals surface area contributed by atoms with Crippen LogP contribution in [0.15, 0.2) is 30.5 Å². The van der Waals surface area contributed by atoms with Crippen LogP contribution in [0.5, 0.6) is 0 Å². The molecule has 0 saturated heterocycles. The van der Waals surface area contributed by atoms with Crippen molar-refractivity contribution in [3.05, 3.63) is 36.0 Å². The van der Waals surface area contributed by atoms with Gasteiger partial charge in [0.1, 0.15) is 5.82 Å². The molecule has 78 valence electrons. The summed E-state index contributed by atoms with van der Waals surface area (Å²) < 4.78 is 24.6. The van der Waals surface area contributed by atoms with E-state index in [1.165, 1.54) is 12.1 Å². The van der Waals surface area contributed by atoms with Crippen LogP contribution in [-0.4, -0.2) is 10.2 Å². The van der Waals surface area contributed by atoms with E-state index in [1.807, 2.05) is 0 Å². The number of hydrogen-bond acceptors (Lipinski definition) is 2. The average Bonchev–Trinajstić information content (AvgIpc) is 2.65. The molecule has 0 atom stereocenters. The summed E-state index contributed by atoms with van der Waals surface area (Å²) in [4.78, 5) is 0. The molecule has 0 aliphatic rings. The molecule has 5 heteroatoms. The molecule has 15 heavy (non-hydrogen) atoms. The van der Waals surface area contributed by atoms with Crippen molar-refractivity contribution in [3.63, 3.8) is 0 Å². The van der Waals surface area contributed by atoms with Crippen molar-refractivity contribution in [3.8, 4) is 11.1 Å². The molecule has 1 heterocycles. The molecule has 1 aromatic carbocycles. The molecule has 0 fully saturated rings. The molecule has 1 aromatic heterocycles. The summed E-state index contributed by atoms with van der Waals surface area (Å²) in [6, 6.07) is 5.96. The van der Waals surface area contributed by atoms with E-state index >= 15 is 0 Å². The summed E-state index contributed by atoms with van der Waals surface area (Å²) in [6.07, 6.45) is -0.882. The Morgan fingerprint density at radius 3 is 2.33 bits per heavy atom. The lowest BCUT2D eigenvalue weighted by atomic mass is 10.1. The van der Waals surface area contributed by atoms with Gasteiger partial charge in [-0.05, 0) is 5.56 Å². The van der Waals surface area contributed by atoms with Crippen LogP contribution in [0, 0.1) is 0 Å². The highest BCUT2D eigenvalue weighted by molar-refractivity contribution is 5.72. The van der Waals surface area contributed by atoms with Crippen molar-refractivity contribution < 1.29 is 8.78 Å². The molecule has 0 saturated carbocycles. The monoisotopic (exact) mass is 209 g/mol. The first-order valence-corrected chi connectivity index (χ1v) is 4.36. The van der Waals surface area contributed by atoms with Gasteiger partial charge in [0.15, 0.2) is 0 Å². The fraction of sp³-hybridized carbons (Fsp3) is 0.100. The smallest absolute Gasteiger partial charge is 0.263 e. The fourth-order valence-corrected chi connectivity index (χ4v) is 1.33. The second-order valence-corrected chi connectivity index (χ2v) is 3.12. The number of nitrogens with one attached hydrogen (secondary N) is 1. The number of benzene rings is 1. The predicted octanol–water partition coefficient (Wildman–Crippen LogP) is 2.60. The van der Waals surface area contributed by atoms with Crippen molar-refractivity contribution in [1.82, 2.24) is 10.2 Å². The lowest BCUT2D eigenvalue weighted by molar-refractivity contribution is 0.151. The lowest BCUT2D eigenvalue weighted by Gasteiger charge is -2.02. The summed E-state index contributed by atoms with van der Waals surface area (Å²) >= 11 is 0. The van der Waals surface area contributed by atoms with Crippen molar-refractivity contribution in [2.24, 2.45) is 0 Å². The van der Waals surface area contributed by atoms with Gasteiger partial charge >= 0.3 is 0 Å². The van der Waals surface area contributed by atoms with Gasteiger partial charge in [-0.1, -0.05) is 24.3 Å². The number of rotatable bonds is 2. The van der Waals surface area contributed by atoms with Gasteiger partial charge in [-0.3, -0.25) is 5.10 Å². The summed E-state index contributed by atoms with van der Waals surface area (Å²) in [5.41, 5.74) is 7.09. The van der Waals surface area contributed by atoms with Crippen LogP contribution in [-0.2, 0) is 0 Å². The Morgan fingerprint density at radius 2 is 1.87 bits per heavy atom. The molecule has 2 rings (SSSR count). The molecular formula is C10H9F2N3. The molecule has 0 aliphatic heterocycles. The Bertz CT molecular complexity index is 448. The second kappa shape index (κ2) is 3.68. The first-order valence-electron chi connectivity index (χ1n) is 4.36. The molecule has 3 nitrogen and oxygen atoms in total. The fourth-order valence-electron chi connectivity index (χ4n) is 1.33. The molecule has 0 amide bonds.